The van der Waals surface area contributed by atoms with Crippen molar-refractivity contribution in [2.75, 3.05) is 11.9 Å². The van der Waals surface area contributed by atoms with Crippen molar-refractivity contribution in [3.63, 3.8) is 0 Å². The van der Waals surface area contributed by atoms with Crippen molar-refractivity contribution in [3.05, 3.63) is 95.9 Å². The standard InChI is InChI=1S/C26H15Cl5N2O6/c1-11(33-24(36)17-18(25(33)37)20(29)22(31)21(30)19(17)28)26(38)39-10-16(34)32-15-8-7-13(27)9-14(15)23(35)12-5-3-2-4-6-12/h2-9,11H,10H2,1H3,(H,32,34)/t11-/m0/s1. The summed E-state index contributed by atoms with van der Waals surface area (Å²) in [6, 6.07) is 11.2. The van der Waals surface area contributed by atoms with Gasteiger partial charge in [-0.2, -0.15) is 0 Å². The lowest BCUT2D eigenvalue weighted by atomic mass is 10.0. The van der Waals surface area contributed by atoms with Crippen LogP contribution >= 0.6 is 58.0 Å². The minimum absolute atomic E-state index is 0.124. The lowest BCUT2D eigenvalue weighted by Crippen LogP contribution is -2.44. The molecule has 0 aromatic heterocycles. The van der Waals surface area contributed by atoms with Gasteiger partial charge in [0.15, 0.2) is 12.4 Å². The van der Waals surface area contributed by atoms with Crippen LogP contribution in [0.15, 0.2) is 48.5 Å². The molecule has 3 aromatic carbocycles. The molecule has 4 rings (SSSR count). The first kappa shape index (κ1) is 28.9. The van der Waals surface area contributed by atoms with E-state index >= 15 is 0 Å². The van der Waals surface area contributed by atoms with E-state index in [0.29, 0.717) is 10.5 Å². The van der Waals surface area contributed by atoms with E-state index in [1.54, 1.807) is 30.3 Å². The first-order valence-electron chi connectivity index (χ1n) is 11.0. The third-order valence-electron chi connectivity index (χ3n) is 5.74. The van der Waals surface area contributed by atoms with Crippen molar-refractivity contribution in [2.24, 2.45) is 0 Å². The van der Waals surface area contributed by atoms with Gasteiger partial charge in [0, 0.05) is 16.1 Å². The molecular weight excluding hydrogens is 614 g/mol. The molecular formula is C26H15Cl5N2O6. The summed E-state index contributed by atoms with van der Waals surface area (Å²) in [4.78, 5) is 64.7. The average Bonchev–Trinajstić information content (AvgIpc) is 3.19. The Morgan fingerprint density at radius 2 is 1.41 bits per heavy atom. The Balaban J connectivity index is 1.46. The number of amides is 3. The third kappa shape index (κ3) is 5.48. The first-order valence-corrected chi connectivity index (χ1v) is 12.9. The molecule has 1 heterocycles. The zero-order valence-corrected chi connectivity index (χ0v) is 23.5. The van der Waals surface area contributed by atoms with Crippen LogP contribution in [0.2, 0.25) is 25.1 Å². The van der Waals surface area contributed by atoms with Gasteiger partial charge in [-0.3, -0.25) is 24.1 Å². The van der Waals surface area contributed by atoms with Crippen molar-refractivity contribution in [1.29, 1.82) is 0 Å². The number of rotatable bonds is 7. The van der Waals surface area contributed by atoms with E-state index in [4.69, 9.17) is 62.7 Å². The van der Waals surface area contributed by atoms with E-state index in [1.807, 2.05) is 0 Å². The van der Waals surface area contributed by atoms with E-state index < -0.39 is 36.3 Å². The quantitative estimate of drug-likeness (QED) is 0.107. The molecule has 3 amide bonds. The Morgan fingerprint density at radius 1 is 0.846 bits per heavy atom. The minimum Gasteiger partial charge on any atom is -0.454 e. The van der Waals surface area contributed by atoms with Gasteiger partial charge in [0.25, 0.3) is 17.7 Å². The molecule has 0 aliphatic carbocycles. The summed E-state index contributed by atoms with van der Waals surface area (Å²) in [6.07, 6.45) is 0. The lowest BCUT2D eigenvalue weighted by Gasteiger charge is -2.21. The maximum Gasteiger partial charge on any atom is 0.329 e. The fourth-order valence-corrected chi connectivity index (χ4v) is 5.01. The molecule has 0 fully saturated rings. The smallest absolute Gasteiger partial charge is 0.329 e. The summed E-state index contributed by atoms with van der Waals surface area (Å²) < 4.78 is 5.04. The van der Waals surface area contributed by atoms with Crippen molar-refractivity contribution in [1.82, 2.24) is 4.90 Å². The Hall–Kier alpha value is -3.14. The van der Waals surface area contributed by atoms with Gasteiger partial charge >= 0.3 is 5.97 Å². The van der Waals surface area contributed by atoms with E-state index in [-0.39, 0.29) is 53.3 Å². The fraction of sp³-hybridized carbons (Fsp3) is 0.115. The lowest BCUT2D eigenvalue weighted by molar-refractivity contribution is -0.150. The number of hydrogen-bond acceptors (Lipinski definition) is 6. The van der Waals surface area contributed by atoms with Crippen molar-refractivity contribution in [2.45, 2.75) is 13.0 Å². The van der Waals surface area contributed by atoms with Crippen molar-refractivity contribution < 1.29 is 28.7 Å². The highest BCUT2D eigenvalue weighted by molar-refractivity contribution is 6.55. The maximum absolute atomic E-state index is 12.9. The second kappa shape index (κ2) is 11.5. The van der Waals surface area contributed by atoms with E-state index in [2.05, 4.69) is 5.32 Å². The molecule has 0 saturated carbocycles. The van der Waals surface area contributed by atoms with Crippen LogP contribution < -0.4 is 5.32 Å². The largest absolute Gasteiger partial charge is 0.454 e. The first-order chi connectivity index (χ1) is 18.4. The second-order valence-corrected chi connectivity index (χ2v) is 10.2. The number of fused-ring (bicyclic) bond motifs is 1. The van der Waals surface area contributed by atoms with Crippen LogP contribution in [0.5, 0.6) is 0 Å². The predicted octanol–water partition coefficient (Wildman–Crippen LogP) is 6.35. The number of imide groups is 1. The van der Waals surface area contributed by atoms with Gasteiger partial charge in [0.1, 0.15) is 6.04 Å². The Kier molecular flexibility index (Phi) is 8.54. The number of benzene rings is 3. The van der Waals surface area contributed by atoms with Crippen LogP contribution in [0.1, 0.15) is 43.6 Å². The fourth-order valence-electron chi connectivity index (χ4n) is 3.83. The Labute approximate surface area is 246 Å². The number of ether oxygens (including phenoxy) is 1. The number of nitrogens with one attached hydrogen (secondary N) is 1. The topological polar surface area (TPSA) is 110 Å². The molecule has 13 heteroatoms. The monoisotopic (exact) mass is 626 g/mol. The van der Waals surface area contributed by atoms with Gasteiger partial charge in [-0.1, -0.05) is 88.3 Å². The van der Waals surface area contributed by atoms with Crippen molar-refractivity contribution >= 4 is 93.2 Å². The number of halogens is 5. The molecule has 3 aromatic rings. The molecule has 1 N–H and O–H groups in total. The van der Waals surface area contributed by atoms with Gasteiger partial charge in [0.05, 0.1) is 36.9 Å². The molecule has 1 aliphatic heterocycles. The summed E-state index contributed by atoms with van der Waals surface area (Å²) in [5.41, 5.74) is 0.0486. The summed E-state index contributed by atoms with van der Waals surface area (Å²) in [5, 5.41) is 1.77. The minimum atomic E-state index is -1.46. The van der Waals surface area contributed by atoms with Crippen LogP contribution in [0.3, 0.4) is 0 Å². The van der Waals surface area contributed by atoms with Gasteiger partial charge in [-0.25, -0.2) is 4.79 Å². The van der Waals surface area contributed by atoms with E-state index in [1.165, 1.54) is 25.1 Å². The molecule has 0 bridgehead atoms. The predicted molar refractivity (Wildman–Crippen MR) is 147 cm³/mol. The normalized spacial score (nSPS) is 13.2. The van der Waals surface area contributed by atoms with Crippen LogP contribution in [0.25, 0.3) is 0 Å². The Bertz CT molecular complexity index is 1510. The molecule has 1 atom stereocenters. The number of anilines is 1. The average molecular weight is 629 g/mol. The number of carbonyl (C=O) groups is 5. The van der Waals surface area contributed by atoms with Gasteiger partial charge in [0.2, 0.25) is 0 Å². The van der Waals surface area contributed by atoms with Gasteiger partial charge < -0.3 is 10.1 Å². The number of carbonyl (C=O) groups excluding carboxylic acids is 5. The van der Waals surface area contributed by atoms with Gasteiger partial charge in [-0.15, -0.1) is 0 Å². The zero-order chi connectivity index (χ0) is 28.6. The SMILES string of the molecule is C[C@@H](C(=O)OCC(=O)Nc1ccc(Cl)cc1C(=O)c1ccccc1)N1C(=O)c2c(Cl)c(Cl)c(Cl)c(Cl)c2C1=O. The molecule has 0 spiro atoms. The summed E-state index contributed by atoms with van der Waals surface area (Å²) >= 11 is 30.3. The Morgan fingerprint density at radius 3 is 1.97 bits per heavy atom. The highest BCUT2D eigenvalue weighted by Gasteiger charge is 2.45. The number of hydrogen-bond donors (Lipinski definition) is 1. The number of esters is 1. The summed E-state index contributed by atoms with van der Waals surface area (Å²) in [5.74, 6) is -4.10. The highest BCUT2D eigenvalue weighted by Crippen LogP contribution is 2.45. The number of ketones is 1. The molecule has 8 nitrogen and oxygen atoms in total. The second-order valence-electron chi connectivity index (χ2n) is 8.20. The molecule has 0 unspecified atom stereocenters. The number of nitrogens with zero attached hydrogens (tertiary/aromatic N) is 1. The van der Waals surface area contributed by atoms with Crippen LogP contribution in [0, 0.1) is 0 Å². The summed E-state index contributed by atoms with van der Waals surface area (Å²) in [6.45, 7) is 0.440. The van der Waals surface area contributed by atoms with Crippen LogP contribution in [-0.2, 0) is 14.3 Å². The molecule has 200 valence electrons. The van der Waals surface area contributed by atoms with Crippen molar-refractivity contribution in [3.8, 4) is 0 Å². The molecule has 0 saturated heterocycles. The molecule has 39 heavy (non-hydrogen) atoms. The maximum atomic E-state index is 12.9. The highest BCUT2D eigenvalue weighted by atomic mass is 35.5. The van der Waals surface area contributed by atoms with Crippen LogP contribution in [0.4, 0.5) is 5.69 Å². The van der Waals surface area contributed by atoms with E-state index in [9.17, 15) is 24.0 Å². The van der Waals surface area contributed by atoms with E-state index in [0.717, 1.165) is 0 Å². The summed E-state index contributed by atoms with van der Waals surface area (Å²) in [7, 11) is 0. The van der Waals surface area contributed by atoms with Crippen LogP contribution in [-0.4, -0.2) is 47.0 Å². The zero-order valence-electron chi connectivity index (χ0n) is 19.7. The molecule has 1 aliphatic rings. The molecule has 0 radical (unpaired) electrons. The van der Waals surface area contributed by atoms with Gasteiger partial charge in [-0.05, 0) is 25.1 Å². The third-order valence-corrected chi connectivity index (χ3v) is 7.78.